The highest BCUT2D eigenvalue weighted by Crippen LogP contribution is 2.25. The lowest BCUT2D eigenvalue weighted by molar-refractivity contribution is -0.384. The molecule has 0 saturated carbocycles. The quantitative estimate of drug-likeness (QED) is 0.243. The Morgan fingerprint density at radius 1 is 0.828 bits per heavy atom. The Labute approximate surface area is 167 Å². The molecule has 3 aromatic rings. The number of esters is 1. The van der Waals surface area contributed by atoms with Gasteiger partial charge in [0, 0.05) is 12.1 Å². The van der Waals surface area contributed by atoms with E-state index in [-0.39, 0.29) is 18.0 Å². The van der Waals surface area contributed by atoms with Gasteiger partial charge in [-0.15, -0.1) is 0 Å². The normalized spacial score (nSPS) is 10.3. The van der Waals surface area contributed by atoms with Crippen LogP contribution in [0.15, 0.2) is 66.7 Å². The van der Waals surface area contributed by atoms with Gasteiger partial charge in [-0.1, -0.05) is 6.07 Å². The van der Waals surface area contributed by atoms with Gasteiger partial charge in [0.1, 0.15) is 23.0 Å². The summed E-state index contributed by atoms with van der Waals surface area (Å²) in [5, 5.41) is 10.6. The van der Waals surface area contributed by atoms with E-state index in [2.05, 4.69) is 6.07 Å². The van der Waals surface area contributed by atoms with E-state index in [1.165, 1.54) is 24.3 Å². The first-order valence-electron chi connectivity index (χ1n) is 8.83. The predicted molar refractivity (Wildman–Crippen MR) is 107 cm³/mol. The zero-order valence-corrected chi connectivity index (χ0v) is 16.0. The molecule has 3 rings (SSSR count). The van der Waals surface area contributed by atoms with E-state index in [1.54, 1.807) is 24.3 Å². The summed E-state index contributed by atoms with van der Waals surface area (Å²) < 4.78 is 16.3. The molecule has 0 aliphatic carbocycles. The summed E-state index contributed by atoms with van der Waals surface area (Å²) in [6.07, 6.45) is 0. The lowest BCUT2D eigenvalue weighted by Gasteiger charge is -2.10. The Bertz CT molecular complexity index is 992. The van der Waals surface area contributed by atoms with Crippen molar-refractivity contribution in [1.29, 1.82) is 0 Å². The number of hydrogen-bond donors (Lipinski definition) is 0. The molecule has 3 aromatic carbocycles. The van der Waals surface area contributed by atoms with Crippen molar-refractivity contribution in [2.45, 2.75) is 13.8 Å². The molecule has 148 valence electrons. The first-order valence-corrected chi connectivity index (χ1v) is 8.83. The number of aryl methyl sites for hydroxylation is 2. The first-order chi connectivity index (χ1) is 13.9. The number of carbonyl (C=O) groups is 1. The molecular weight excluding hydrogens is 374 g/mol. The molecule has 7 nitrogen and oxygen atoms in total. The smallest absolute Gasteiger partial charge is 0.349 e. The second-order valence-corrected chi connectivity index (χ2v) is 6.41. The van der Waals surface area contributed by atoms with Crippen molar-refractivity contribution in [2.24, 2.45) is 0 Å². The molecular formula is C22H19NO6. The van der Waals surface area contributed by atoms with Gasteiger partial charge in [0.2, 0.25) is 0 Å². The molecule has 0 amide bonds. The van der Waals surface area contributed by atoms with E-state index in [0.717, 1.165) is 16.9 Å². The summed E-state index contributed by atoms with van der Waals surface area (Å²) in [5.41, 5.74) is 2.15. The van der Waals surface area contributed by atoms with Gasteiger partial charge in [0.25, 0.3) is 5.69 Å². The number of nitro benzene ring substituents is 1. The van der Waals surface area contributed by atoms with E-state index in [9.17, 15) is 14.9 Å². The van der Waals surface area contributed by atoms with Gasteiger partial charge in [0.05, 0.1) is 4.92 Å². The highest BCUT2D eigenvalue weighted by Gasteiger charge is 2.09. The third kappa shape index (κ3) is 5.80. The molecule has 0 heterocycles. The van der Waals surface area contributed by atoms with E-state index in [0.29, 0.717) is 11.5 Å². The zero-order chi connectivity index (χ0) is 20.8. The van der Waals surface area contributed by atoms with Gasteiger partial charge >= 0.3 is 5.97 Å². The van der Waals surface area contributed by atoms with Gasteiger partial charge in [0.15, 0.2) is 6.61 Å². The van der Waals surface area contributed by atoms with Crippen LogP contribution in [0.5, 0.6) is 23.0 Å². The predicted octanol–water partition coefficient (Wildman–Crippen LogP) is 4.99. The van der Waals surface area contributed by atoms with Crippen molar-refractivity contribution in [3.8, 4) is 23.0 Å². The summed E-state index contributed by atoms with van der Waals surface area (Å²) in [6, 6.07) is 18.1. The Kier molecular flexibility index (Phi) is 6.09. The Hall–Kier alpha value is -3.87. The van der Waals surface area contributed by atoms with Gasteiger partial charge in [-0.3, -0.25) is 10.1 Å². The topological polar surface area (TPSA) is 87.9 Å². The average Bonchev–Trinajstić information content (AvgIpc) is 2.67. The van der Waals surface area contributed by atoms with Crippen molar-refractivity contribution < 1.29 is 23.9 Å². The van der Waals surface area contributed by atoms with E-state index in [1.807, 2.05) is 26.0 Å². The van der Waals surface area contributed by atoms with Crippen molar-refractivity contribution in [3.63, 3.8) is 0 Å². The number of hydrogen-bond acceptors (Lipinski definition) is 6. The Morgan fingerprint density at radius 3 is 1.97 bits per heavy atom. The van der Waals surface area contributed by atoms with Crippen molar-refractivity contribution >= 4 is 11.7 Å². The zero-order valence-electron chi connectivity index (χ0n) is 16.0. The molecule has 0 N–H and O–H groups in total. The third-order valence-corrected chi connectivity index (χ3v) is 3.89. The molecule has 7 heteroatoms. The van der Waals surface area contributed by atoms with Crippen LogP contribution < -0.4 is 14.2 Å². The van der Waals surface area contributed by atoms with Crippen LogP contribution >= 0.6 is 0 Å². The fourth-order valence-corrected chi connectivity index (χ4v) is 2.67. The van der Waals surface area contributed by atoms with Gasteiger partial charge < -0.3 is 14.2 Å². The molecule has 0 aliphatic heterocycles. The second kappa shape index (κ2) is 8.88. The molecule has 0 aromatic heterocycles. The SMILES string of the molecule is Cc1cc(C)cc(Oc2ccc(OCC(=O)Oc3ccc([N+](=O)[O-])cc3)cc2)c1. The monoisotopic (exact) mass is 393 g/mol. The number of nitrogens with zero attached hydrogens (tertiary/aromatic N) is 1. The van der Waals surface area contributed by atoms with Crippen LogP contribution in [0.1, 0.15) is 11.1 Å². The second-order valence-electron chi connectivity index (χ2n) is 6.41. The number of benzene rings is 3. The van der Waals surface area contributed by atoms with Crippen LogP contribution in [-0.2, 0) is 4.79 Å². The van der Waals surface area contributed by atoms with Crippen molar-refractivity contribution in [3.05, 3.63) is 88.0 Å². The lowest BCUT2D eigenvalue weighted by atomic mass is 10.1. The number of rotatable bonds is 7. The minimum absolute atomic E-state index is 0.0795. The molecule has 0 unspecified atom stereocenters. The standard InChI is InChI=1S/C22H19NO6/c1-15-11-16(2)13-21(12-15)28-19-9-7-18(8-10-19)27-14-22(24)29-20-5-3-17(4-6-20)23(25)26/h3-13H,14H2,1-2H3. The third-order valence-electron chi connectivity index (χ3n) is 3.89. The van der Waals surface area contributed by atoms with Crippen molar-refractivity contribution in [2.75, 3.05) is 6.61 Å². The maximum Gasteiger partial charge on any atom is 0.349 e. The molecule has 0 radical (unpaired) electrons. The van der Waals surface area contributed by atoms with Crippen LogP contribution in [0.2, 0.25) is 0 Å². The van der Waals surface area contributed by atoms with Crippen LogP contribution in [0.4, 0.5) is 5.69 Å². The fourth-order valence-electron chi connectivity index (χ4n) is 2.67. The first kappa shape index (κ1) is 19.9. The van der Waals surface area contributed by atoms with Gasteiger partial charge in [-0.2, -0.15) is 0 Å². The number of non-ortho nitro benzene ring substituents is 1. The molecule has 0 atom stereocenters. The maximum atomic E-state index is 11.9. The average molecular weight is 393 g/mol. The molecule has 0 bridgehead atoms. The van der Waals surface area contributed by atoms with E-state index in [4.69, 9.17) is 14.2 Å². The van der Waals surface area contributed by atoms with E-state index < -0.39 is 10.9 Å². The van der Waals surface area contributed by atoms with Crippen molar-refractivity contribution in [1.82, 2.24) is 0 Å². The highest BCUT2D eigenvalue weighted by molar-refractivity contribution is 5.74. The van der Waals surface area contributed by atoms with Gasteiger partial charge in [-0.25, -0.2) is 4.79 Å². The van der Waals surface area contributed by atoms with Crippen LogP contribution in [0.3, 0.4) is 0 Å². The minimum atomic E-state index is -0.616. The molecule has 0 fully saturated rings. The minimum Gasteiger partial charge on any atom is -0.482 e. The Morgan fingerprint density at radius 2 is 1.38 bits per heavy atom. The fraction of sp³-hybridized carbons (Fsp3) is 0.136. The summed E-state index contributed by atoms with van der Waals surface area (Å²) in [7, 11) is 0. The maximum absolute atomic E-state index is 11.9. The molecule has 29 heavy (non-hydrogen) atoms. The highest BCUT2D eigenvalue weighted by atomic mass is 16.6. The number of nitro groups is 1. The van der Waals surface area contributed by atoms with Crippen LogP contribution in [0.25, 0.3) is 0 Å². The summed E-state index contributed by atoms with van der Waals surface area (Å²) in [5.74, 6) is 1.48. The largest absolute Gasteiger partial charge is 0.482 e. The number of carbonyl (C=O) groups excluding carboxylic acids is 1. The number of ether oxygens (including phenoxy) is 3. The van der Waals surface area contributed by atoms with E-state index >= 15 is 0 Å². The molecule has 0 aliphatic rings. The lowest BCUT2D eigenvalue weighted by Crippen LogP contribution is -2.17. The van der Waals surface area contributed by atoms with Crippen LogP contribution in [0, 0.1) is 24.0 Å². The molecule has 0 saturated heterocycles. The Balaban J connectivity index is 1.51. The summed E-state index contributed by atoms with van der Waals surface area (Å²) >= 11 is 0. The van der Waals surface area contributed by atoms with Gasteiger partial charge in [-0.05, 0) is 73.5 Å². The molecule has 0 spiro atoms. The summed E-state index contributed by atoms with van der Waals surface area (Å²) in [4.78, 5) is 22.0. The van der Waals surface area contributed by atoms with Crippen LogP contribution in [-0.4, -0.2) is 17.5 Å². The summed E-state index contributed by atoms with van der Waals surface area (Å²) in [6.45, 7) is 3.72.